The van der Waals surface area contributed by atoms with Crippen molar-refractivity contribution in [3.05, 3.63) is 63.2 Å². The van der Waals surface area contributed by atoms with E-state index in [1.807, 2.05) is 37.3 Å². The lowest BCUT2D eigenvalue weighted by Crippen LogP contribution is -2.15. The number of aromatic hydroxyl groups is 1. The minimum atomic E-state index is -0.162. The fourth-order valence-corrected chi connectivity index (χ4v) is 3.39. The summed E-state index contributed by atoms with van der Waals surface area (Å²) < 4.78 is 0. The monoisotopic (exact) mass is 287 g/mol. The molecule has 0 amide bonds. The van der Waals surface area contributed by atoms with Crippen molar-refractivity contribution in [3.63, 3.8) is 0 Å². The van der Waals surface area contributed by atoms with Crippen molar-refractivity contribution in [1.29, 1.82) is 0 Å². The number of benzene rings is 2. The second kappa shape index (κ2) is 4.80. The Balaban J connectivity index is 2.06. The molecule has 0 bridgehead atoms. The Morgan fingerprint density at radius 3 is 2.45 bits per heavy atom. The second-order valence-corrected chi connectivity index (χ2v) is 6.08. The van der Waals surface area contributed by atoms with Gasteiger partial charge in [0.2, 0.25) is 0 Å². The molecule has 0 aromatic heterocycles. The molecule has 0 radical (unpaired) electrons. The molecule has 20 heavy (non-hydrogen) atoms. The minimum absolute atomic E-state index is 0.162. The molecule has 2 atom stereocenters. The normalized spacial score (nSPS) is 21.0. The van der Waals surface area contributed by atoms with Crippen LogP contribution in [0.5, 0.6) is 5.75 Å². The fraction of sp³-hybridized carbons (Fsp3) is 0.294. The average molecular weight is 288 g/mol. The Morgan fingerprint density at radius 2 is 1.80 bits per heavy atom. The maximum absolute atomic E-state index is 10.3. The van der Waals surface area contributed by atoms with Gasteiger partial charge in [0.15, 0.2) is 0 Å². The van der Waals surface area contributed by atoms with Crippen molar-refractivity contribution in [1.82, 2.24) is 0 Å². The van der Waals surface area contributed by atoms with Gasteiger partial charge < -0.3 is 10.8 Å². The molecular formula is C17H18ClNO. The zero-order valence-corrected chi connectivity index (χ0v) is 12.4. The summed E-state index contributed by atoms with van der Waals surface area (Å²) in [5.74, 6) is 0.559. The third kappa shape index (κ3) is 2.00. The van der Waals surface area contributed by atoms with E-state index < -0.39 is 0 Å². The van der Waals surface area contributed by atoms with Crippen LogP contribution >= 0.6 is 11.6 Å². The van der Waals surface area contributed by atoms with Gasteiger partial charge in [0.25, 0.3) is 0 Å². The fourth-order valence-electron chi connectivity index (χ4n) is 3.26. The third-order valence-electron chi connectivity index (χ3n) is 4.35. The SMILES string of the molecule is Cc1cc(C)c2c(c1O)[C@H](N)[C@H](c1ccc(Cl)cc1)C2. The zero-order valence-electron chi connectivity index (χ0n) is 11.7. The third-order valence-corrected chi connectivity index (χ3v) is 4.60. The molecule has 1 aliphatic carbocycles. The first-order valence-electron chi connectivity index (χ1n) is 6.82. The Kier molecular flexibility index (Phi) is 3.23. The van der Waals surface area contributed by atoms with E-state index >= 15 is 0 Å². The van der Waals surface area contributed by atoms with E-state index in [-0.39, 0.29) is 12.0 Å². The Hall–Kier alpha value is -1.51. The molecule has 104 valence electrons. The summed E-state index contributed by atoms with van der Waals surface area (Å²) in [5, 5.41) is 11.1. The Bertz CT molecular complexity index is 664. The van der Waals surface area contributed by atoms with Crippen LogP contribution in [0.2, 0.25) is 5.02 Å². The van der Waals surface area contributed by atoms with E-state index in [4.69, 9.17) is 17.3 Å². The molecule has 3 heteroatoms. The highest BCUT2D eigenvalue weighted by Gasteiger charge is 2.34. The van der Waals surface area contributed by atoms with Crippen molar-refractivity contribution in [2.24, 2.45) is 5.73 Å². The maximum Gasteiger partial charge on any atom is 0.123 e. The van der Waals surface area contributed by atoms with Gasteiger partial charge >= 0.3 is 0 Å². The lowest BCUT2D eigenvalue weighted by atomic mass is 9.92. The number of fused-ring (bicyclic) bond motifs is 1. The van der Waals surface area contributed by atoms with E-state index in [0.717, 1.165) is 22.6 Å². The molecule has 3 N–H and O–H groups in total. The van der Waals surface area contributed by atoms with Gasteiger partial charge in [-0.2, -0.15) is 0 Å². The summed E-state index contributed by atoms with van der Waals surface area (Å²) in [7, 11) is 0. The lowest BCUT2D eigenvalue weighted by molar-refractivity contribution is 0.456. The van der Waals surface area contributed by atoms with Crippen LogP contribution in [-0.4, -0.2) is 5.11 Å². The number of halogens is 1. The van der Waals surface area contributed by atoms with Crippen LogP contribution in [0.3, 0.4) is 0 Å². The minimum Gasteiger partial charge on any atom is -0.507 e. The van der Waals surface area contributed by atoms with Crippen LogP contribution in [-0.2, 0) is 6.42 Å². The van der Waals surface area contributed by atoms with E-state index in [2.05, 4.69) is 6.92 Å². The highest BCUT2D eigenvalue weighted by Crippen LogP contribution is 2.47. The smallest absolute Gasteiger partial charge is 0.123 e. The van der Waals surface area contributed by atoms with Gasteiger partial charge in [-0.05, 0) is 54.7 Å². The van der Waals surface area contributed by atoms with E-state index in [1.165, 1.54) is 16.7 Å². The molecule has 0 spiro atoms. The van der Waals surface area contributed by atoms with Crippen LogP contribution in [0.25, 0.3) is 0 Å². The molecule has 0 saturated heterocycles. The van der Waals surface area contributed by atoms with E-state index in [0.29, 0.717) is 5.75 Å². The van der Waals surface area contributed by atoms with Gasteiger partial charge in [0.05, 0.1) is 0 Å². The molecule has 0 aliphatic heterocycles. The van der Waals surface area contributed by atoms with Crippen LogP contribution < -0.4 is 5.73 Å². The predicted octanol–water partition coefficient (Wildman–Crippen LogP) is 4.00. The van der Waals surface area contributed by atoms with Gasteiger partial charge in [-0.3, -0.25) is 0 Å². The van der Waals surface area contributed by atoms with Crippen LogP contribution in [0, 0.1) is 13.8 Å². The summed E-state index contributed by atoms with van der Waals surface area (Å²) in [5.41, 5.74) is 11.8. The first-order chi connectivity index (χ1) is 9.49. The van der Waals surface area contributed by atoms with Crippen molar-refractivity contribution in [3.8, 4) is 5.75 Å². The standard InChI is InChI=1S/C17H18ClNO/c1-9-7-10(2)17(20)15-13(9)8-14(16(15)19)11-3-5-12(18)6-4-11/h3-7,14,16,20H,8,19H2,1-2H3/t14-,16+/m0/s1. The molecular weight excluding hydrogens is 270 g/mol. The van der Waals surface area contributed by atoms with E-state index in [1.54, 1.807) is 0 Å². The van der Waals surface area contributed by atoms with Gasteiger partial charge in [-0.1, -0.05) is 29.8 Å². The van der Waals surface area contributed by atoms with Crippen LogP contribution in [0.15, 0.2) is 30.3 Å². The number of rotatable bonds is 1. The van der Waals surface area contributed by atoms with Crippen LogP contribution in [0.4, 0.5) is 0 Å². The van der Waals surface area contributed by atoms with Gasteiger partial charge in [0, 0.05) is 22.5 Å². The number of hydrogen-bond acceptors (Lipinski definition) is 2. The van der Waals surface area contributed by atoms with Crippen molar-refractivity contribution >= 4 is 11.6 Å². The molecule has 2 aromatic carbocycles. The summed E-state index contributed by atoms with van der Waals surface area (Å²) in [6.07, 6.45) is 0.873. The Morgan fingerprint density at radius 1 is 1.15 bits per heavy atom. The lowest BCUT2D eigenvalue weighted by Gasteiger charge is -2.17. The first kappa shape index (κ1) is 13.5. The molecule has 2 nitrogen and oxygen atoms in total. The topological polar surface area (TPSA) is 46.2 Å². The number of phenols is 1. The highest BCUT2D eigenvalue weighted by atomic mass is 35.5. The van der Waals surface area contributed by atoms with Gasteiger partial charge in [0.1, 0.15) is 5.75 Å². The summed E-state index contributed by atoms with van der Waals surface area (Å²) in [6, 6.07) is 9.71. The van der Waals surface area contributed by atoms with Crippen LogP contribution in [0.1, 0.15) is 39.8 Å². The van der Waals surface area contributed by atoms with Gasteiger partial charge in [-0.15, -0.1) is 0 Å². The summed E-state index contributed by atoms with van der Waals surface area (Å²) in [6.45, 7) is 4.01. The number of hydrogen-bond donors (Lipinski definition) is 2. The number of nitrogens with two attached hydrogens (primary N) is 1. The van der Waals surface area contributed by atoms with Crippen molar-refractivity contribution in [2.45, 2.75) is 32.2 Å². The molecule has 0 saturated carbocycles. The Labute approximate surface area is 124 Å². The summed E-state index contributed by atoms with van der Waals surface area (Å²) >= 11 is 5.94. The molecule has 2 aromatic rings. The summed E-state index contributed by atoms with van der Waals surface area (Å²) in [4.78, 5) is 0. The quantitative estimate of drug-likeness (QED) is 0.833. The van der Waals surface area contributed by atoms with E-state index in [9.17, 15) is 5.11 Å². The molecule has 0 heterocycles. The number of phenolic OH excluding ortho intramolecular Hbond substituents is 1. The van der Waals surface area contributed by atoms with Gasteiger partial charge in [-0.25, -0.2) is 0 Å². The average Bonchev–Trinajstić information content (AvgIpc) is 2.76. The molecule has 3 rings (SSSR count). The first-order valence-corrected chi connectivity index (χ1v) is 7.20. The second-order valence-electron chi connectivity index (χ2n) is 5.64. The molecule has 1 aliphatic rings. The van der Waals surface area contributed by atoms with Crippen molar-refractivity contribution in [2.75, 3.05) is 0 Å². The number of aryl methyl sites for hydroxylation is 2. The predicted molar refractivity (Wildman–Crippen MR) is 82.4 cm³/mol. The molecule has 0 unspecified atom stereocenters. The zero-order chi connectivity index (χ0) is 14.4. The van der Waals surface area contributed by atoms with Crippen molar-refractivity contribution < 1.29 is 5.11 Å². The largest absolute Gasteiger partial charge is 0.507 e. The molecule has 0 fully saturated rings. The maximum atomic E-state index is 10.3. The highest BCUT2D eigenvalue weighted by molar-refractivity contribution is 6.30.